The minimum atomic E-state index is -5.03. The van der Waals surface area contributed by atoms with Crippen LogP contribution in [0.25, 0.3) is 0 Å². The van der Waals surface area contributed by atoms with Crippen LogP contribution in [0.2, 0.25) is 0 Å². The topological polar surface area (TPSA) is 43.1 Å². The van der Waals surface area contributed by atoms with E-state index in [0.717, 1.165) is 12.2 Å². The van der Waals surface area contributed by atoms with Gasteiger partial charge in [0.2, 0.25) is 11.6 Å². The molecule has 0 aromatic heterocycles. The van der Waals surface area contributed by atoms with Gasteiger partial charge in [0.05, 0.1) is 0 Å². The van der Waals surface area contributed by atoms with Crippen molar-refractivity contribution in [2.24, 2.45) is 5.73 Å². The highest BCUT2D eigenvalue weighted by Gasteiger charge is 2.54. The van der Waals surface area contributed by atoms with Crippen molar-refractivity contribution >= 4 is 5.91 Å². The molecule has 0 aromatic rings. The Balaban J connectivity index is 3.06. The Labute approximate surface area is 77.1 Å². The summed E-state index contributed by atoms with van der Waals surface area (Å²) in [6.07, 6.45) is -3.62. The molecule has 0 heterocycles. The van der Waals surface area contributed by atoms with Crippen LogP contribution in [-0.2, 0) is 4.79 Å². The van der Waals surface area contributed by atoms with Gasteiger partial charge in [-0.1, -0.05) is 12.2 Å². The summed E-state index contributed by atoms with van der Waals surface area (Å²) in [7, 11) is 0. The first-order valence-electron chi connectivity index (χ1n) is 3.71. The predicted molar refractivity (Wildman–Crippen MR) is 40.9 cm³/mol. The average Bonchev–Trinajstić information content (AvgIpc) is 2.02. The fourth-order valence-corrected chi connectivity index (χ4v) is 1.06. The molecule has 0 aromatic carbocycles. The number of nitrogens with two attached hydrogens (primary N) is 1. The van der Waals surface area contributed by atoms with E-state index in [0.29, 0.717) is 0 Å². The molecule has 1 aliphatic carbocycles. The molecule has 0 saturated carbocycles. The van der Waals surface area contributed by atoms with Crippen LogP contribution in [-0.4, -0.2) is 17.8 Å². The monoisotopic (exact) mass is 209 g/mol. The van der Waals surface area contributed by atoms with E-state index in [9.17, 15) is 22.4 Å². The lowest BCUT2D eigenvalue weighted by atomic mass is 9.92. The highest BCUT2D eigenvalue weighted by Crippen LogP contribution is 2.40. The molecule has 78 valence electrons. The van der Waals surface area contributed by atoms with Gasteiger partial charge in [0.15, 0.2) is 0 Å². The van der Waals surface area contributed by atoms with Crippen molar-refractivity contribution in [3.05, 3.63) is 23.8 Å². The highest BCUT2D eigenvalue weighted by atomic mass is 19.4. The SMILES string of the molecule is NC(=O)C1=CC(F)(C(F)(F)F)CC=C1. The van der Waals surface area contributed by atoms with Crippen molar-refractivity contribution in [3.63, 3.8) is 0 Å². The molecule has 0 aliphatic heterocycles. The van der Waals surface area contributed by atoms with Gasteiger partial charge in [-0.25, -0.2) is 4.39 Å². The Hall–Kier alpha value is -1.33. The molecule has 1 unspecified atom stereocenters. The Morgan fingerprint density at radius 2 is 2.07 bits per heavy atom. The predicted octanol–water partition coefficient (Wildman–Crippen LogP) is 1.63. The summed E-state index contributed by atoms with van der Waals surface area (Å²) in [5, 5.41) is 0. The zero-order valence-electron chi connectivity index (χ0n) is 6.94. The number of hydrogen-bond donors (Lipinski definition) is 1. The summed E-state index contributed by atoms with van der Waals surface area (Å²) in [5.41, 5.74) is 0.797. The van der Waals surface area contributed by atoms with Crippen molar-refractivity contribution in [1.29, 1.82) is 0 Å². The molecule has 1 amide bonds. The summed E-state index contributed by atoms with van der Waals surface area (Å²) in [6, 6.07) is 0. The van der Waals surface area contributed by atoms with Gasteiger partial charge in [-0.3, -0.25) is 4.79 Å². The second kappa shape index (κ2) is 3.11. The molecular formula is C8H7F4NO. The maximum Gasteiger partial charge on any atom is 0.426 e. The van der Waals surface area contributed by atoms with E-state index >= 15 is 0 Å². The van der Waals surface area contributed by atoms with Gasteiger partial charge in [-0.15, -0.1) is 0 Å². The van der Waals surface area contributed by atoms with E-state index in [1.165, 1.54) is 0 Å². The van der Waals surface area contributed by atoms with Crippen molar-refractivity contribution < 1.29 is 22.4 Å². The molecule has 0 bridgehead atoms. The van der Waals surface area contributed by atoms with Gasteiger partial charge >= 0.3 is 6.18 Å². The van der Waals surface area contributed by atoms with E-state index in [2.05, 4.69) is 0 Å². The maximum absolute atomic E-state index is 13.2. The molecule has 1 rings (SSSR count). The molecule has 2 N–H and O–H groups in total. The summed E-state index contributed by atoms with van der Waals surface area (Å²) < 4.78 is 49.7. The number of alkyl halides is 4. The number of carbonyl (C=O) groups excluding carboxylic acids is 1. The Bertz CT molecular complexity index is 318. The third kappa shape index (κ3) is 1.78. The number of allylic oxidation sites excluding steroid dienone is 2. The maximum atomic E-state index is 13.2. The third-order valence-electron chi connectivity index (χ3n) is 1.85. The fourth-order valence-electron chi connectivity index (χ4n) is 1.06. The van der Waals surface area contributed by atoms with Crippen molar-refractivity contribution in [2.45, 2.75) is 18.3 Å². The molecule has 14 heavy (non-hydrogen) atoms. The van der Waals surface area contributed by atoms with Crippen LogP contribution >= 0.6 is 0 Å². The lowest BCUT2D eigenvalue weighted by Gasteiger charge is -2.26. The average molecular weight is 209 g/mol. The quantitative estimate of drug-likeness (QED) is 0.655. The van der Waals surface area contributed by atoms with Gasteiger partial charge in [0.25, 0.3) is 0 Å². The van der Waals surface area contributed by atoms with Crippen LogP contribution in [0.3, 0.4) is 0 Å². The van der Waals surface area contributed by atoms with Crippen molar-refractivity contribution in [2.75, 3.05) is 0 Å². The molecular weight excluding hydrogens is 202 g/mol. The third-order valence-corrected chi connectivity index (χ3v) is 1.85. The zero-order chi connectivity index (χ0) is 11.0. The smallest absolute Gasteiger partial charge is 0.366 e. The number of rotatable bonds is 1. The molecule has 0 fully saturated rings. The van der Waals surface area contributed by atoms with Crippen LogP contribution in [0, 0.1) is 0 Å². The largest absolute Gasteiger partial charge is 0.426 e. The van der Waals surface area contributed by atoms with Crippen molar-refractivity contribution in [3.8, 4) is 0 Å². The molecule has 6 heteroatoms. The molecule has 0 spiro atoms. The number of carbonyl (C=O) groups is 1. The normalized spacial score (nSPS) is 27.3. The molecule has 0 saturated heterocycles. The van der Waals surface area contributed by atoms with Gasteiger partial charge in [-0.2, -0.15) is 13.2 Å². The number of primary amides is 1. The molecule has 1 atom stereocenters. The first kappa shape index (κ1) is 10.7. The number of amides is 1. The Kier molecular flexibility index (Phi) is 2.39. The van der Waals surface area contributed by atoms with Gasteiger partial charge < -0.3 is 5.73 Å². The fraction of sp³-hybridized carbons (Fsp3) is 0.375. The minimum Gasteiger partial charge on any atom is -0.366 e. The van der Waals surface area contributed by atoms with Crippen LogP contribution in [0.15, 0.2) is 23.8 Å². The Morgan fingerprint density at radius 1 is 1.50 bits per heavy atom. The van der Waals surface area contributed by atoms with Crippen LogP contribution in [0.1, 0.15) is 6.42 Å². The highest BCUT2D eigenvalue weighted by molar-refractivity contribution is 5.95. The van der Waals surface area contributed by atoms with Crippen LogP contribution < -0.4 is 5.73 Å². The summed E-state index contributed by atoms with van der Waals surface area (Å²) in [5.74, 6) is -1.08. The summed E-state index contributed by atoms with van der Waals surface area (Å²) in [4.78, 5) is 10.5. The first-order valence-corrected chi connectivity index (χ1v) is 3.71. The van der Waals surface area contributed by atoms with Crippen LogP contribution in [0.4, 0.5) is 17.6 Å². The van der Waals surface area contributed by atoms with Gasteiger partial charge in [0.1, 0.15) is 0 Å². The van der Waals surface area contributed by atoms with Crippen molar-refractivity contribution in [1.82, 2.24) is 0 Å². The lowest BCUT2D eigenvalue weighted by Crippen LogP contribution is -2.40. The summed E-state index contributed by atoms with van der Waals surface area (Å²) in [6.45, 7) is 0. The second-order valence-corrected chi connectivity index (χ2v) is 2.93. The van der Waals surface area contributed by atoms with E-state index in [-0.39, 0.29) is 6.08 Å². The van der Waals surface area contributed by atoms with E-state index in [1.54, 1.807) is 0 Å². The number of hydrogen-bond acceptors (Lipinski definition) is 1. The molecule has 1 aliphatic rings. The standard InChI is InChI=1S/C8H7F4NO/c9-7(8(10,11)12)3-1-2-5(4-7)6(13)14/h1-2,4H,3H2,(H2,13,14). The van der Waals surface area contributed by atoms with Crippen LogP contribution in [0.5, 0.6) is 0 Å². The van der Waals surface area contributed by atoms with E-state index < -0.39 is 29.7 Å². The molecule has 2 nitrogen and oxygen atoms in total. The number of halogens is 4. The second-order valence-electron chi connectivity index (χ2n) is 2.93. The van der Waals surface area contributed by atoms with Gasteiger partial charge in [0, 0.05) is 12.0 Å². The first-order chi connectivity index (χ1) is 6.26. The lowest BCUT2D eigenvalue weighted by molar-refractivity contribution is -0.211. The minimum absolute atomic E-state index is 0.218. The zero-order valence-corrected chi connectivity index (χ0v) is 6.94. The Morgan fingerprint density at radius 3 is 2.50 bits per heavy atom. The molecule has 0 radical (unpaired) electrons. The van der Waals surface area contributed by atoms with E-state index in [4.69, 9.17) is 5.73 Å². The van der Waals surface area contributed by atoms with E-state index in [1.807, 2.05) is 0 Å². The van der Waals surface area contributed by atoms with Gasteiger partial charge in [-0.05, 0) is 6.08 Å². The summed E-state index contributed by atoms with van der Waals surface area (Å²) >= 11 is 0.